The topological polar surface area (TPSA) is 29.5 Å². The Morgan fingerprint density at radius 1 is 0.404 bits per heavy atom. The van der Waals surface area contributed by atoms with Crippen LogP contribution < -0.4 is 4.90 Å². The van der Waals surface area contributed by atoms with Gasteiger partial charge in [0.05, 0.1) is 5.75 Å². The lowest BCUT2D eigenvalue weighted by Gasteiger charge is -2.26. The van der Waals surface area contributed by atoms with Crippen LogP contribution in [0.2, 0.25) is 0 Å². The van der Waals surface area contributed by atoms with Crippen LogP contribution in [0.15, 0.2) is 229 Å². The molecule has 57 heavy (non-hydrogen) atoms. The Bertz CT molecular complexity index is 2480. The summed E-state index contributed by atoms with van der Waals surface area (Å²) in [6.45, 7) is 0.284. The van der Waals surface area contributed by atoms with Gasteiger partial charge in [0, 0.05) is 22.0 Å². The van der Waals surface area contributed by atoms with Crippen LogP contribution in [0.5, 0.6) is 0 Å². The van der Waals surface area contributed by atoms with Gasteiger partial charge in [-0.05, 0) is 98.6 Å². The lowest BCUT2D eigenvalue weighted by molar-refractivity contribution is -0.141. The maximum atomic E-state index is 12.5. The summed E-state index contributed by atoms with van der Waals surface area (Å²) in [6, 6.07) is 78.2. The molecule has 0 fully saturated rings. The molecule has 0 spiro atoms. The first-order chi connectivity index (χ1) is 28.2. The van der Waals surface area contributed by atoms with E-state index < -0.39 is 0 Å². The van der Waals surface area contributed by atoms with Crippen molar-refractivity contribution in [3.8, 4) is 11.1 Å². The fourth-order valence-corrected chi connectivity index (χ4v) is 7.69. The number of anilines is 3. The van der Waals surface area contributed by atoms with Crippen molar-refractivity contribution in [3.05, 3.63) is 252 Å². The van der Waals surface area contributed by atoms with E-state index in [9.17, 15) is 4.79 Å². The zero-order valence-electron chi connectivity index (χ0n) is 31.4. The van der Waals surface area contributed by atoms with Crippen LogP contribution in [0.25, 0.3) is 22.3 Å². The van der Waals surface area contributed by atoms with Crippen LogP contribution in [-0.4, -0.2) is 11.7 Å². The average Bonchev–Trinajstić information content (AvgIpc) is 3.29. The van der Waals surface area contributed by atoms with Crippen LogP contribution in [0.1, 0.15) is 27.8 Å². The van der Waals surface area contributed by atoms with E-state index in [2.05, 4.69) is 193 Å². The Hall–Kier alpha value is -6.88. The lowest BCUT2D eigenvalue weighted by atomic mass is 9.85. The summed E-state index contributed by atoms with van der Waals surface area (Å²) in [6.07, 6.45) is 0. The molecule has 0 aliphatic carbocycles. The molecule has 0 aliphatic heterocycles. The van der Waals surface area contributed by atoms with Gasteiger partial charge in [0.15, 0.2) is 0 Å². The largest absolute Gasteiger partial charge is 0.460 e. The SMILES string of the molecule is O=C(CSc1ccc(N(c2ccccc2)c2ccc(-c3ccc(C(=C(c4ccccc4)c4ccccc4)c4ccccc4)cc3)cc2)cc1)OCc1ccccc1. The quantitative estimate of drug-likeness (QED) is 0.0666. The van der Waals surface area contributed by atoms with Crippen molar-refractivity contribution in [3.63, 3.8) is 0 Å². The molecule has 0 aliphatic rings. The number of nitrogens with zero attached hydrogens (tertiary/aromatic N) is 1. The summed E-state index contributed by atoms with van der Waals surface area (Å²) in [5.41, 5.74) is 13.5. The van der Waals surface area contributed by atoms with Crippen LogP contribution in [0.4, 0.5) is 17.1 Å². The van der Waals surface area contributed by atoms with E-state index in [1.54, 1.807) is 0 Å². The molecule has 0 amide bonds. The predicted octanol–water partition coefficient (Wildman–Crippen LogP) is 13.7. The first-order valence-corrected chi connectivity index (χ1v) is 20.1. The van der Waals surface area contributed by atoms with E-state index in [1.807, 2.05) is 36.4 Å². The van der Waals surface area contributed by atoms with Gasteiger partial charge in [-0.15, -0.1) is 11.8 Å². The molecule has 8 aromatic rings. The number of carbonyl (C=O) groups is 1. The number of carbonyl (C=O) groups excluding carboxylic acids is 1. The summed E-state index contributed by atoms with van der Waals surface area (Å²) in [7, 11) is 0. The number of ether oxygens (including phenoxy) is 1. The van der Waals surface area contributed by atoms with E-state index >= 15 is 0 Å². The smallest absolute Gasteiger partial charge is 0.316 e. The second kappa shape index (κ2) is 18.2. The summed E-state index contributed by atoms with van der Waals surface area (Å²) < 4.78 is 5.48. The standard InChI is InChI=1S/C53H41NO2S/c55-51(56-38-40-16-6-1-7-17-40)39-57-50-36-34-49(35-37-50)54(47-24-14-5-15-25-47)48-32-30-42(31-33-48)41-26-28-46(29-27-41)53(45-22-12-4-13-23-45)52(43-18-8-2-9-19-43)44-20-10-3-11-21-44/h1-37H,38-39H2. The molecule has 8 rings (SSSR count). The molecular formula is C53H41NO2S. The molecule has 0 radical (unpaired) electrons. The normalized spacial score (nSPS) is 10.7. The van der Waals surface area contributed by atoms with Gasteiger partial charge in [0.1, 0.15) is 6.61 Å². The molecule has 0 atom stereocenters. The molecule has 0 heterocycles. The third-order valence-corrected chi connectivity index (χ3v) is 10.8. The Balaban J connectivity index is 1.04. The molecule has 3 nitrogen and oxygen atoms in total. The minimum absolute atomic E-state index is 0.231. The van der Waals surface area contributed by atoms with Crippen molar-refractivity contribution in [2.24, 2.45) is 0 Å². The molecule has 4 heteroatoms. The van der Waals surface area contributed by atoms with Gasteiger partial charge >= 0.3 is 5.97 Å². The monoisotopic (exact) mass is 755 g/mol. The number of rotatable bonds is 13. The van der Waals surface area contributed by atoms with Gasteiger partial charge < -0.3 is 9.64 Å². The third-order valence-electron chi connectivity index (χ3n) is 9.78. The van der Waals surface area contributed by atoms with Crippen molar-refractivity contribution >= 4 is 45.9 Å². The minimum atomic E-state index is -0.231. The zero-order chi connectivity index (χ0) is 38.7. The maximum Gasteiger partial charge on any atom is 0.316 e. The van der Waals surface area contributed by atoms with Crippen molar-refractivity contribution in [2.45, 2.75) is 11.5 Å². The molecular weight excluding hydrogens is 715 g/mol. The lowest BCUT2D eigenvalue weighted by Crippen LogP contribution is -2.09. The van der Waals surface area contributed by atoms with E-state index in [0.29, 0.717) is 0 Å². The number of esters is 1. The third kappa shape index (κ3) is 9.16. The first-order valence-electron chi connectivity index (χ1n) is 19.1. The molecule has 0 unspecified atom stereocenters. The molecule has 0 saturated heterocycles. The van der Waals surface area contributed by atoms with E-state index in [1.165, 1.54) is 39.6 Å². The zero-order valence-corrected chi connectivity index (χ0v) is 32.3. The van der Waals surface area contributed by atoms with Gasteiger partial charge in [-0.2, -0.15) is 0 Å². The van der Waals surface area contributed by atoms with E-state index in [4.69, 9.17) is 4.74 Å². The van der Waals surface area contributed by atoms with Crippen molar-refractivity contribution in [1.29, 1.82) is 0 Å². The fraction of sp³-hybridized carbons (Fsp3) is 0.0377. The highest BCUT2D eigenvalue weighted by atomic mass is 32.2. The van der Waals surface area contributed by atoms with E-state index in [-0.39, 0.29) is 18.3 Å². The second-order valence-electron chi connectivity index (χ2n) is 13.6. The second-order valence-corrected chi connectivity index (χ2v) is 14.6. The summed E-state index contributed by atoms with van der Waals surface area (Å²) >= 11 is 1.48. The Labute approximate surface area is 339 Å². The first kappa shape index (κ1) is 37.1. The van der Waals surface area contributed by atoms with Gasteiger partial charge in [0.25, 0.3) is 0 Å². The van der Waals surface area contributed by atoms with Crippen LogP contribution >= 0.6 is 11.8 Å². The Morgan fingerprint density at radius 2 is 0.772 bits per heavy atom. The number of para-hydroxylation sites is 1. The molecule has 276 valence electrons. The number of hydrogen-bond acceptors (Lipinski definition) is 4. The Kier molecular flexibility index (Phi) is 11.8. The highest BCUT2D eigenvalue weighted by Gasteiger charge is 2.17. The molecule has 0 bridgehead atoms. The number of thioether (sulfide) groups is 1. The van der Waals surface area contributed by atoms with Crippen molar-refractivity contribution in [2.75, 3.05) is 10.7 Å². The van der Waals surface area contributed by atoms with Crippen LogP contribution in [0.3, 0.4) is 0 Å². The minimum Gasteiger partial charge on any atom is -0.460 e. The molecule has 8 aromatic carbocycles. The van der Waals surface area contributed by atoms with Gasteiger partial charge in [-0.25, -0.2) is 0 Å². The molecule has 0 saturated carbocycles. The van der Waals surface area contributed by atoms with Crippen LogP contribution in [0, 0.1) is 0 Å². The summed E-state index contributed by atoms with van der Waals surface area (Å²) in [5, 5.41) is 0. The molecule has 0 N–H and O–H groups in total. The highest BCUT2D eigenvalue weighted by molar-refractivity contribution is 8.00. The molecule has 0 aromatic heterocycles. The highest BCUT2D eigenvalue weighted by Crippen LogP contribution is 2.39. The van der Waals surface area contributed by atoms with Crippen molar-refractivity contribution < 1.29 is 9.53 Å². The fourth-order valence-electron chi connectivity index (χ4n) is 7.00. The number of benzene rings is 8. The summed E-state index contributed by atoms with van der Waals surface area (Å²) in [5.74, 6) is 0.0213. The Morgan fingerprint density at radius 3 is 1.25 bits per heavy atom. The van der Waals surface area contributed by atoms with Crippen LogP contribution in [-0.2, 0) is 16.1 Å². The predicted molar refractivity (Wildman–Crippen MR) is 238 cm³/mol. The number of hydrogen-bond donors (Lipinski definition) is 0. The summed E-state index contributed by atoms with van der Waals surface area (Å²) in [4.78, 5) is 15.7. The average molecular weight is 756 g/mol. The maximum absolute atomic E-state index is 12.5. The van der Waals surface area contributed by atoms with Gasteiger partial charge in [0.2, 0.25) is 0 Å². The van der Waals surface area contributed by atoms with E-state index in [0.717, 1.165) is 44.2 Å². The van der Waals surface area contributed by atoms with Gasteiger partial charge in [-0.1, -0.05) is 176 Å². The van der Waals surface area contributed by atoms with Crippen molar-refractivity contribution in [1.82, 2.24) is 0 Å². The van der Waals surface area contributed by atoms with Gasteiger partial charge in [-0.3, -0.25) is 4.79 Å².